The standard InChI is InChI=1S/C15H28O3/c1-18-15(17)14(16)13-11-9-7-5-3-2-4-6-8-10-12-13/h13-14,16H,2-12H2,1H3. The predicted octanol–water partition coefficient (Wildman–Crippen LogP) is 3.44. The number of methoxy groups -OCH3 is 1. The highest BCUT2D eigenvalue weighted by Crippen LogP contribution is 2.24. The Labute approximate surface area is 111 Å². The van der Waals surface area contributed by atoms with E-state index in [4.69, 9.17) is 0 Å². The van der Waals surface area contributed by atoms with E-state index < -0.39 is 12.1 Å². The molecule has 1 saturated carbocycles. The number of aliphatic hydroxyl groups is 1. The van der Waals surface area contributed by atoms with Gasteiger partial charge in [-0.05, 0) is 18.8 Å². The van der Waals surface area contributed by atoms with Crippen molar-refractivity contribution in [2.45, 2.75) is 76.7 Å². The highest BCUT2D eigenvalue weighted by molar-refractivity contribution is 5.74. The van der Waals surface area contributed by atoms with Gasteiger partial charge in [-0.15, -0.1) is 0 Å². The van der Waals surface area contributed by atoms with Crippen LogP contribution in [0.3, 0.4) is 0 Å². The number of ether oxygens (including phenoxy) is 1. The highest BCUT2D eigenvalue weighted by atomic mass is 16.5. The van der Waals surface area contributed by atoms with Crippen LogP contribution in [-0.4, -0.2) is 24.3 Å². The molecule has 1 aliphatic rings. The molecule has 1 unspecified atom stereocenters. The van der Waals surface area contributed by atoms with Crippen LogP contribution in [0.5, 0.6) is 0 Å². The number of aliphatic hydroxyl groups excluding tert-OH is 1. The van der Waals surface area contributed by atoms with Gasteiger partial charge in [-0.25, -0.2) is 4.79 Å². The van der Waals surface area contributed by atoms with E-state index in [-0.39, 0.29) is 5.92 Å². The minimum atomic E-state index is -0.919. The first-order valence-corrected chi connectivity index (χ1v) is 7.51. The van der Waals surface area contributed by atoms with Gasteiger partial charge in [0.05, 0.1) is 7.11 Å². The lowest BCUT2D eigenvalue weighted by atomic mass is 9.89. The third-order valence-electron chi connectivity index (χ3n) is 4.04. The smallest absolute Gasteiger partial charge is 0.334 e. The fourth-order valence-corrected chi connectivity index (χ4v) is 2.82. The third-order valence-corrected chi connectivity index (χ3v) is 4.04. The quantitative estimate of drug-likeness (QED) is 0.770. The van der Waals surface area contributed by atoms with Crippen molar-refractivity contribution in [2.24, 2.45) is 5.92 Å². The van der Waals surface area contributed by atoms with Crippen molar-refractivity contribution in [2.75, 3.05) is 7.11 Å². The van der Waals surface area contributed by atoms with Crippen LogP contribution in [-0.2, 0) is 9.53 Å². The molecule has 0 aliphatic heterocycles. The molecular weight excluding hydrogens is 228 g/mol. The minimum Gasteiger partial charge on any atom is -0.467 e. The Morgan fingerprint density at radius 3 is 1.72 bits per heavy atom. The zero-order valence-electron chi connectivity index (χ0n) is 11.7. The Morgan fingerprint density at radius 1 is 0.944 bits per heavy atom. The van der Waals surface area contributed by atoms with Gasteiger partial charge in [0.1, 0.15) is 0 Å². The molecule has 0 aromatic rings. The van der Waals surface area contributed by atoms with Crippen molar-refractivity contribution in [1.29, 1.82) is 0 Å². The predicted molar refractivity (Wildman–Crippen MR) is 72.3 cm³/mol. The van der Waals surface area contributed by atoms with Crippen LogP contribution in [0.15, 0.2) is 0 Å². The topological polar surface area (TPSA) is 46.5 Å². The van der Waals surface area contributed by atoms with Crippen LogP contribution < -0.4 is 0 Å². The Kier molecular flexibility index (Phi) is 8.06. The zero-order valence-corrected chi connectivity index (χ0v) is 11.7. The summed E-state index contributed by atoms with van der Waals surface area (Å²) >= 11 is 0. The van der Waals surface area contributed by atoms with Gasteiger partial charge in [-0.1, -0.05) is 57.8 Å². The summed E-state index contributed by atoms with van der Waals surface area (Å²) < 4.78 is 4.65. The van der Waals surface area contributed by atoms with Gasteiger partial charge < -0.3 is 9.84 Å². The molecule has 3 heteroatoms. The van der Waals surface area contributed by atoms with Crippen molar-refractivity contribution in [3.8, 4) is 0 Å². The first-order chi connectivity index (χ1) is 8.75. The fraction of sp³-hybridized carbons (Fsp3) is 0.933. The Morgan fingerprint density at radius 2 is 1.33 bits per heavy atom. The number of carbonyl (C=O) groups excluding carboxylic acids is 1. The van der Waals surface area contributed by atoms with Gasteiger partial charge >= 0.3 is 5.97 Å². The summed E-state index contributed by atoms with van der Waals surface area (Å²) in [7, 11) is 1.35. The molecule has 0 radical (unpaired) electrons. The van der Waals surface area contributed by atoms with E-state index in [1.165, 1.54) is 52.1 Å². The molecule has 106 valence electrons. The SMILES string of the molecule is COC(=O)C(O)C1CCCCCCCCCCC1. The number of hydrogen-bond acceptors (Lipinski definition) is 3. The summed E-state index contributed by atoms with van der Waals surface area (Å²) in [4.78, 5) is 11.4. The summed E-state index contributed by atoms with van der Waals surface area (Å²) in [5.74, 6) is -0.371. The van der Waals surface area contributed by atoms with Gasteiger partial charge in [0, 0.05) is 0 Å². The molecule has 0 spiro atoms. The average Bonchev–Trinajstić information content (AvgIpc) is 2.37. The molecule has 0 amide bonds. The molecular formula is C15H28O3. The average molecular weight is 256 g/mol. The number of carbonyl (C=O) groups is 1. The largest absolute Gasteiger partial charge is 0.467 e. The lowest BCUT2D eigenvalue weighted by molar-refractivity contribution is -0.153. The van der Waals surface area contributed by atoms with Crippen molar-refractivity contribution >= 4 is 5.97 Å². The van der Waals surface area contributed by atoms with Crippen LogP contribution in [0.2, 0.25) is 0 Å². The monoisotopic (exact) mass is 256 g/mol. The van der Waals surface area contributed by atoms with Crippen LogP contribution >= 0.6 is 0 Å². The molecule has 1 atom stereocenters. The van der Waals surface area contributed by atoms with Crippen LogP contribution in [0.1, 0.15) is 70.6 Å². The van der Waals surface area contributed by atoms with Gasteiger partial charge in [-0.3, -0.25) is 0 Å². The van der Waals surface area contributed by atoms with Crippen molar-refractivity contribution in [3.63, 3.8) is 0 Å². The van der Waals surface area contributed by atoms with Gasteiger partial charge in [0.2, 0.25) is 0 Å². The highest BCUT2D eigenvalue weighted by Gasteiger charge is 2.26. The van der Waals surface area contributed by atoms with Crippen molar-refractivity contribution < 1.29 is 14.6 Å². The third kappa shape index (κ3) is 5.85. The van der Waals surface area contributed by atoms with Crippen molar-refractivity contribution in [1.82, 2.24) is 0 Å². The van der Waals surface area contributed by atoms with E-state index in [1.54, 1.807) is 0 Å². The van der Waals surface area contributed by atoms with Crippen molar-refractivity contribution in [3.05, 3.63) is 0 Å². The normalized spacial score (nSPS) is 22.6. The number of hydrogen-bond donors (Lipinski definition) is 1. The van der Waals surface area contributed by atoms with Gasteiger partial charge in [0.15, 0.2) is 6.10 Å². The Hall–Kier alpha value is -0.570. The molecule has 1 rings (SSSR count). The molecule has 0 aromatic carbocycles. The summed E-state index contributed by atoms with van der Waals surface area (Å²) in [6.45, 7) is 0. The molecule has 3 nitrogen and oxygen atoms in total. The van der Waals surface area contributed by atoms with Gasteiger partial charge in [-0.2, -0.15) is 0 Å². The van der Waals surface area contributed by atoms with E-state index in [0.29, 0.717) is 0 Å². The van der Waals surface area contributed by atoms with E-state index in [1.807, 2.05) is 0 Å². The summed E-state index contributed by atoms with van der Waals surface area (Å²) in [6, 6.07) is 0. The second-order valence-electron chi connectivity index (χ2n) is 5.49. The fourth-order valence-electron chi connectivity index (χ4n) is 2.82. The molecule has 1 fully saturated rings. The molecule has 18 heavy (non-hydrogen) atoms. The molecule has 1 N–H and O–H groups in total. The lowest BCUT2D eigenvalue weighted by Crippen LogP contribution is -2.30. The maximum absolute atomic E-state index is 11.4. The molecule has 0 bridgehead atoms. The molecule has 0 saturated heterocycles. The second-order valence-corrected chi connectivity index (χ2v) is 5.49. The second kappa shape index (κ2) is 9.37. The number of rotatable bonds is 2. The van der Waals surface area contributed by atoms with Gasteiger partial charge in [0.25, 0.3) is 0 Å². The van der Waals surface area contributed by atoms with Crippen LogP contribution in [0.4, 0.5) is 0 Å². The Balaban J connectivity index is 2.42. The Bertz CT molecular complexity index is 216. The first kappa shape index (κ1) is 15.5. The molecule has 1 aliphatic carbocycles. The van der Waals surface area contributed by atoms with E-state index in [2.05, 4.69) is 4.74 Å². The summed E-state index contributed by atoms with van der Waals surface area (Å²) in [5, 5.41) is 9.97. The van der Waals surface area contributed by atoms with Crippen LogP contribution in [0, 0.1) is 5.92 Å². The zero-order chi connectivity index (χ0) is 13.2. The van der Waals surface area contributed by atoms with Crippen LogP contribution in [0.25, 0.3) is 0 Å². The summed E-state index contributed by atoms with van der Waals surface area (Å²) in [6.07, 6.45) is 12.3. The first-order valence-electron chi connectivity index (χ1n) is 7.51. The number of esters is 1. The van der Waals surface area contributed by atoms with E-state index in [9.17, 15) is 9.90 Å². The maximum Gasteiger partial charge on any atom is 0.334 e. The minimum absolute atomic E-state index is 0.0943. The molecule has 0 heterocycles. The van der Waals surface area contributed by atoms with E-state index >= 15 is 0 Å². The summed E-state index contributed by atoms with van der Waals surface area (Å²) in [5.41, 5.74) is 0. The van der Waals surface area contributed by atoms with E-state index in [0.717, 1.165) is 25.7 Å². The molecule has 0 aromatic heterocycles. The maximum atomic E-state index is 11.4. The lowest BCUT2D eigenvalue weighted by Gasteiger charge is -2.21.